The minimum absolute atomic E-state index is 0.182. The summed E-state index contributed by atoms with van der Waals surface area (Å²) in [7, 11) is 0. The fraction of sp³-hybridized carbons (Fsp3) is 0.318. The maximum atomic E-state index is 12.2. The predicted octanol–water partition coefficient (Wildman–Crippen LogP) is 4.11. The average Bonchev–Trinajstić information content (AvgIpc) is 3.39. The van der Waals surface area contributed by atoms with Crippen LogP contribution in [0.4, 0.5) is 10.5 Å². The van der Waals surface area contributed by atoms with E-state index in [-0.39, 0.29) is 12.8 Å². The number of carbonyl (C=O) groups excluding carboxylic acids is 1. The summed E-state index contributed by atoms with van der Waals surface area (Å²) >= 11 is 0. The van der Waals surface area contributed by atoms with Crippen LogP contribution in [0.3, 0.4) is 0 Å². The summed E-state index contributed by atoms with van der Waals surface area (Å²) in [6, 6.07) is 13.6. The molecule has 7 nitrogen and oxygen atoms in total. The summed E-state index contributed by atoms with van der Waals surface area (Å²) in [4.78, 5) is 15.7. The second-order valence-electron chi connectivity index (χ2n) is 7.44. The van der Waals surface area contributed by atoms with E-state index in [9.17, 15) is 4.79 Å². The number of rotatable bonds is 4. The quantitative estimate of drug-likeness (QED) is 0.623. The van der Waals surface area contributed by atoms with Gasteiger partial charge in [-0.05, 0) is 55.2 Å². The van der Waals surface area contributed by atoms with Gasteiger partial charge >= 0.3 is 6.03 Å². The molecule has 7 heteroatoms. The largest absolute Gasteiger partial charge is 0.454 e. The van der Waals surface area contributed by atoms with Crippen molar-refractivity contribution >= 4 is 22.6 Å². The lowest BCUT2D eigenvalue weighted by Gasteiger charge is -2.22. The molecular weight excluding hydrogens is 370 g/mol. The summed E-state index contributed by atoms with van der Waals surface area (Å²) in [5, 5.41) is 6.96. The van der Waals surface area contributed by atoms with Crippen LogP contribution in [0.2, 0.25) is 0 Å². The first-order chi connectivity index (χ1) is 14.2. The molecule has 0 saturated carbocycles. The number of aromatic amines is 1. The molecule has 2 aliphatic rings. The predicted molar refractivity (Wildman–Crippen MR) is 110 cm³/mol. The molecule has 2 amide bonds. The van der Waals surface area contributed by atoms with Gasteiger partial charge in [0.05, 0.1) is 0 Å². The van der Waals surface area contributed by atoms with E-state index in [1.165, 1.54) is 0 Å². The molecule has 1 aromatic heterocycles. The number of hydrogen-bond donors (Lipinski definition) is 3. The van der Waals surface area contributed by atoms with Crippen LogP contribution >= 0.6 is 0 Å². The van der Waals surface area contributed by atoms with Crippen LogP contribution in [0.1, 0.15) is 12.8 Å². The first kappa shape index (κ1) is 17.9. The minimum atomic E-state index is -0.182. The molecule has 3 heterocycles. The molecule has 29 heavy (non-hydrogen) atoms. The lowest BCUT2D eigenvalue weighted by molar-refractivity contribution is 0.0671. The second kappa shape index (κ2) is 7.67. The average molecular weight is 393 g/mol. The van der Waals surface area contributed by atoms with Gasteiger partial charge in [0.25, 0.3) is 0 Å². The maximum absolute atomic E-state index is 12.2. The molecule has 1 saturated heterocycles. The van der Waals surface area contributed by atoms with Crippen molar-refractivity contribution in [3.05, 3.63) is 42.5 Å². The standard InChI is InChI=1S/C22H23N3O4/c26-22(23-12-14-5-7-27-8-6-14)24-17-3-1-15-9-18(25-19(15)11-17)16-2-4-20-21(10-16)29-13-28-20/h1-4,9-11,14,25H,5-8,12-13H2,(H2,23,24,26). The fourth-order valence-electron chi connectivity index (χ4n) is 3.79. The molecule has 150 valence electrons. The molecule has 0 aliphatic carbocycles. The van der Waals surface area contributed by atoms with Crippen LogP contribution in [0, 0.1) is 5.92 Å². The van der Waals surface area contributed by atoms with Gasteiger partial charge in [0.15, 0.2) is 11.5 Å². The summed E-state index contributed by atoms with van der Waals surface area (Å²) in [6.45, 7) is 2.50. The highest BCUT2D eigenvalue weighted by molar-refractivity contribution is 5.94. The summed E-state index contributed by atoms with van der Waals surface area (Å²) in [6.07, 6.45) is 1.99. The third kappa shape index (κ3) is 3.86. The molecule has 0 bridgehead atoms. The van der Waals surface area contributed by atoms with Crippen molar-refractivity contribution in [2.75, 3.05) is 31.9 Å². The molecule has 3 aromatic rings. The van der Waals surface area contributed by atoms with Crippen LogP contribution < -0.4 is 20.1 Å². The molecule has 3 N–H and O–H groups in total. The van der Waals surface area contributed by atoms with Crippen molar-refractivity contribution in [2.45, 2.75) is 12.8 Å². The van der Waals surface area contributed by atoms with Crippen molar-refractivity contribution in [1.29, 1.82) is 0 Å². The number of urea groups is 1. The van der Waals surface area contributed by atoms with Gasteiger partial charge < -0.3 is 29.8 Å². The van der Waals surface area contributed by atoms with Crippen LogP contribution in [-0.2, 0) is 4.74 Å². The SMILES string of the molecule is O=C(NCC1CCOCC1)Nc1ccc2cc(-c3ccc4c(c3)OCO4)[nH]c2c1. The van der Waals surface area contributed by atoms with Crippen molar-refractivity contribution in [3.63, 3.8) is 0 Å². The Labute approximate surface area is 168 Å². The zero-order valence-electron chi connectivity index (χ0n) is 16.0. The Bertz CT molecular complexity index is 1040. The Morgan fingerprint density at radius 1 is 1.03 bits per heavy atom. The molecule has 5 rings (SSSR count). The number of nitrogens with one attached hydrogen (secondary N) is 3. The topological polar surface area (TPSA) is 84.6 Å². The Morgan fingerprint density at radius 3 is 2.79 bits per heavy atom. The van der Waals surface area contributed by atoms with Crippen molar-refractivity contribution in [2.24, 2.45) is 5.92 Å². The highest BCUT2D eigenvalue weighted by atomic mass is 16.7. The smallest absolute Gasteiger partial charge is 0.319 e. The van der Waals surface area contributed by atoms with Crippen LogP contribution in [0.5, 0.6) is 11.5 Å². The van der Waals surface area contributed by atoms with E-state index >= 15 is 0 Å². The highest BCUT2D eigenvalue weighted by Crippen LogP contribution is 2.36. The number of H-pyrrole nitrogens is 1. The first-order valence-corrected chi connectivity index (χ1v) is 9.90. The number of hydrogen-bond acceptors (Lipinski definition) is 4. The Kier molecular flexibility index (Phi) is 4.73. The van der Waals surface area contributed by atoms with E-state index < -0.39 is 0 Å². The second-order valence-corrected chi connectivity index (χ2v) is 7.44. The molecule has 2 aromatic carbocycles. The summed E-state index contributed by atoms with van der Waals surface area (Å²) in [5.41, 5.74) is 3.72. The lowest BCUT2D eigenvalue weighted by Crippen LogP contribution is -2.35. The number of aromatic nitrogens is 1. The number of benzene rings is 2. The zero-order chi connectivity index (χ0) is 19.6. The summed E-state index contributed by atoms with van der Waals surface area (Å²) in [5.74, 6) is 2.01. The van der Waals surface area contributed by atoms with E-state index in [0.29, 0.717) is 12.5 Å². The number of ether oxygens (including phenoxy) is 3. The van der Waals surface area contributed by atoms with Gasteiger partial charge in [0, 0.05) is 47.6 Å². The third-order valence-electron chi connectivity index (χ3n) is 5.46. The van der Waals surface area contributed by atoms with E-state index in [4.69, 9.17) is 14.2 Å². The van der Waals surface area contributed by atoms with Crippen molar-refractivity contribution < 1.29 is 19.0 Å². The summed E-state index contributed by atoms with van der Waals surface area (Å²) < 4.78 is 16.2. The van der Waals surface area contributed by atoms with Gasteiger partial charge in [0.1, 0.15) is 0 Å². The molecule has 0 unspecified atom stereocenters. The molecule has 0 radical (unpaired) electrons. The van der Waals surface area contributed by atoms with Gasteiger partial charge in [-0.15, -0.1) is 0 Å². The van der Waals surface area contributed by atoms with Gasteiger partial charge in [-0.25, -0.2) is 4.79 Å². The maximum Gasteiger partial charge on any atom is 0.319 e. The highest BCUT2D eigenvalue weighted by Gasteiger charge is 2.16. The number of fused-ring (bicyclic) bond motifs is 2. The van der Waals surface area contributed by atoms with Gasteiger partial charge in [-0.2, -0.15) is 0 Å². The molecule has 1 fully saturated rings. The molecular formula is C22H23N3O4. The Balaban J connectivity index is 1.27. The zero-order valence-corrected chi connectivity index (χ0v) is 16.0. The van der Waals surface area contributed by atoms with Crippen molar-refractivity contribution in [3.8, 4) is 22.8 Å². The van der Waals surface area contributed by atoms with Gasteiger partial charge in [0.2, 0.25) is 6.79 Å². The minimum Gasteiger partial charge on any atom is -0.454 e. The third-order valence-corrected chi connectivity index (χ3v) is 5.46. The fourth-order valence-corrected chi connectivity index (χ4v) is 3.79. The Hall–Kier alpha value is -3.19. The van der Waals surface area contributed by atoms with E-state index in [0.717, 1.165) is 65.4 Å². The lowest BCUT2D eigenvalue weighted by atomic mass is 10.0. The van der Waals surface area contributed by atoms with Crippen LogP contribution in [0.25, 0.3) is 22.2 Å². The monoisotopic (exact) mass is 393 g/mol. The Morgan fingerprint density at radius 2 is 1.90 bits per heavy atom. The molecule has 0 atom stereocenters. The first-order valence-electron chi connectivity index (χ1n) is 9.90. The van der Waals surface area contributed by atoms with Gasteiger partial charge in [-0.1, -0.05) is 6.07 Å². The van der Waals surface area contributed by atoms with E-state index in [1.807, 2.05) is 36.4 Å². The van der Waals surface area contributed by atoms with E-state index in [1.54, 1.807) is 0 Å². The number of carbonyl (C=O) groups is 1. The van der Waals surface area contributed by atoms with Crippen LogP contribution in [0.15, 0.2) is 42.5 Å². The van der Waals surface area contributed by atoms with E-state index in [2.05, 4.69) is 21.7 Å². The van der Waals surface area contributed by atoms with Gasteiger partial charge in [-0.3, -0.25) is 0 Å². The number of anilines is 1. The molecule has 2 aliphatic heterocycles. The number of amides is 2. The molecule has 0 spiro atoms. The normalized spacial score (nSPS) is 16.1. The van der Waals surface area contributed by atoms with Crippen molar-refractivity contribution in [1.82, 2.24) is 10.3 Å². The van der Waals surface area contributed by atoms with Crippen LogP contribution in [-0.4, -0.2) is 37.6 Å².